The van der Waals surface area contributed by atoms with Crippen LogP contribution in [-0.4, -0.2) is 10.9 Å². The number of ether oxygens (including phenoxy) is 1. The summed E-state index contributed by atoms with van der Waals surface area (Å²) in [5.41, 5.74) is 0.708. The van der Waals surface area contributed by atoms with Gasteiger partial charge in [0.1, 0.15) is 29.0 Å². The molecule has 0 aliphatic rings. The van der Waals surface area contributed by atoms with E-state index in [1.54, 1.807) is 31.2 Å². The van der Waals surface area contributed by atoms with Gasteiger partial charge in [0.2, 0.25) is 5.91 Å². The second kappa shape index (κ2) is 7.74. The summed E-state index contributed by atoms with van der Waals surface area (Å²) in [5.74, 6) is -0.0843. The first-order valence-corrected chi connectivity index (χ1v) is 7.97. The number of pyridine rings is 1. The second-order valence-electron chi connectivity index (χ2n) is 5.70. The van der Waals surface area contributed by atoms with E-state index in [1.807, 2.05) is 0 Å². The number of halogens is 2. The van der Waals surface area contributed by atoms with Crippen LogP contribution in [0.1, 0.15) is 18.4 Å². The maximum atomic E-state index is 13.0. The zero-order valence-corrected chi connectivity index (χ0v) is 13.9. The van der Waals surface area contributed by atoms with E-state index in [-0.39, 0.29) is 17.5 Å². The normalized spacial score (nSPS) is 11.7. The Morgan fingerprint density at radius 1 is 0.923 bits per heavy atom. The van der Waals surface area contributed by atoms with E-state index in [0.29, 0.717) is 22.9 Å². The topological polar surface area (TPSA) is 51.2 Å². The third kappa shape index (κ3) is 4.42. The van der Waals surface area contributed by atoms with E-state index < -0.39 is 5.92 Å². The molecule has 0 fully saturated rings. The van der Waals surface area contributed by atoms with Gasteiger partial charge >= 0.3 is 0 Å². The highest BCUT2D eigenvalue weighted by atomic mass is 19.1. The number of hydrogen-bond donors (Lipinski definition) is 1. The number of carbonyl (C=O) groups is 1. The molecule has 0 bridgehead atoms. The van der Waals surface area contributed by atoms with E-state index in [9.17, 15) is 13.6 Å². The maximum Gasteiger partial charge on any atom is 0.232 e. The van der Waals surface area contributed by atoms with Gasteiger partial charge in [-0.05, 0) is 61.0 Å². The summed E-state index contributed by atoms with van der Waals surface area (Å²) in [4.78, 5) is 16.4. The van der Waals surface area contributed by atoms with Gasteiger partial charge in [-0.25, -0.2) is 13.8 Å². The molecule has 0 saturated carbocycles. The Kier molecular flexibility index (Phi) is 5.22. The van der Waals surface area contributed by atoms with Crippen molar-refractivity contribution in [2.75, 3.05) is 5.32 Å². The van der Waals surface area contributed by atoms with Gasteiger partial charge in [-0.3, -0.25) is 4.79 Å². The van der Waals surface area contributed by atoms with Crippen LogP contribution in [0.2, 0.25) is 0 Å². The number of nitrogens with zero attached hydrogens (tertiary/aromatic N) is 1. The first-order valence-electron chi connectivity index (χ1n) is 7.97. The molecule has 3 rings (SSSR count). The summed E-state index contributed by atoms with van der Waals surface area (Å²) in [5, 5.41) is 2.70. The molecule has 0 saturated heterocycles. The number of nitrogens with one attached hydrogen (secondary N) is 1. The molecule has 1 atom stereocenters. The van der Waals surface area contributed by atoms with Crippen molar-refractivity contribution in [3.8, 4) is 11.5 Å². The van der Waals surface area contributed by atoms with E-state index in [1.165, 1.54) is 42.6 Å². The smallest absolute Gasteiger partial charge is 0.232 e. The molecule has 132 valence electrons. The lowest BCUT2D eigenvalue weighted by Crippen LogP contribution is -2.19. The molecule has 1 aromatic heterocycles. The Morgan fingerprint density at radius 2 is 1.50 bits per heavy atom. The van der Waals surface area contributed by atoms with E-state index in [0.717, 1.165) is 0 Å². The highest BCUT2D eigenvalue weighted by molar-refractivity contribution is 5.94. The fourth-order valence-corrected chi connectivity index (χ4v) is 2.29. The maximum absolute atomic E-state index is 13.0. The molecule has 1 heterocycles. The number of benzene rings is 2. The Morgan fingerprint density at radius 3 is 2.08 bits per heavy atom. The van der Waals surface area contributed by atoms with Crippen LogP contribution in [0.4, 0.5) is 14.6 Å². The first-order chi connectivity index (χ1) is 12.5. The lowest BCUT2D eigenvalue weighted by Gasteiger charge is -2.12. The average Bonchev–Trinajstić information content (AvgIpc) is 2.65. The van der Waals surface area contributed by atoms with Gasteiger partial charge in [0.05, 0.1) is 12.1 Å². The molecule has 0 aliphatic carbocycles. The Labute approximate surface area is 149 Å². The predicted molar refractivity (Wildman–Crippen MR) is 94.2 cm³/mol. The molecule has 0 unspecified atom stereocenters. The summed E-state index contributed by atoms with van der Waals surface area (Å²) in [7, 11) is 0. The van der Waals surface area contributed by atoms with E-state index >= 15 is 0 Å². The van der Waals surface area contributed by atoms with Crippen molar-refractivity contribution in [2.45, 2.75) is 12.8 Å². The monoisotopic (exact) mass is 354 g/mol. The third-order valence-electron chi connectivity index (χ3n) is 3.80. The quantitative estimate of drug-likeness (QED) is 0.709. The Hall–Kier alpha value is -3.28. The molecule has 6 heteroatoms. The molecule has 0 radical (unpaired) electrons. The van der Waals surface area contributed by atoms with Crippen LogP contribution < -0.4 is 10.1 Å². The highest BCUT2D eigenvalue weighted by Crippen LogP contribution is 2.22. The van der Waals surface area contributed by atoms with Crippen LogP contribution in [0, 0.1) is 11.6 Å². The highest BCUT2D eigenvalue weighted by Gasteiger charge is 2.16. The number of amides is 1. The minimum absolute atomic E-state index is 0.253. The lowest BCUT2D eigenvalue weighted by molar-refractivity contribution is -0.117. The van der Waals surface area contributed by atoms with Crippen molar-refractivity contribution in [3.05, 3.63) is 84.1 Å². The van der Waals surface area contributed by atoms with Crippen molar-refractivity contribution in [1.29, 1.82) is 0 Å². The second-order valence-corrected chi connectivity index (χ2v) is 5.70. The van der Waals surface area contributed by atoms with Crippen molar-refractivity contribution in [2.24, 2.45) is 0 Å². The summed E-state index contributed by atoms with van der Waals surface area (Å²) >= 11 is 0. The van der Waals surface area contributed by atoms with Gasteiger partial charge in [-0.1, -0.05) is 12.1 Å². The minimum Gasteiger partial charge on any atom is -0.456 e. The fourth-order valence-electron chi connectivity index (χ4n) is 2.29. The van der Waals surface area contributed by atoms with Crippen molar-refractivity contribution >= 4 is 11.7 Å². The molecule has 0 aliphatic heterocycles. The molecule has 2 aromatic carbocycles. The van der Waals surface area contributed by atoms with Crippen molar-refractivity contribution in [1.82, 2.24) is 4.98 Å². The van der Waals surface area contributed by atoms with Gasteiger partial charge in [0, 0.05) is 0 Å². The van der Waals surface area contributed by atoms with Gasteiger partial charge in [0.15, 0.2) is 0 Å². The summed E-state index contributed by atoms with van der Waals surface area (Å²) < 4.78 is 31.4. The van der Waals surface area contributed by atoms with Crippen molar-refractivity contribution in [3.63, 3.8) is 0 Å². The van der Waals surface area contributed by atoms with Gasteiger partial charge in [-0.15, -0.1) is 0 Å². The zero-order valence-electron chi connectivity index (χ0n) is 13.9. The first kappa shape index (κ1) is 17.5. The number of rotatable bonds is 5. The van der Waals surface area contributed by atoms with Gasteiger partial charge in [0.25, 0.3) is 0 Å². The number of hydrogen-bond acceptors (Lipinski definition) is 3. The van der Waals surface area contributed by atoms with Crippen LogP contribution in [0.15, 0.2) is 66.9 Å². The summed E-state index contributed by atoms with van der Waals surface area (Å²) in [6, 6.07) is 14.7. The molecular weight excluding hydrogens is 338 g/mol. The largest absolute Gasteiger partial charge is 0.456 e. The van der Waals surface area contributed by atoms with Crippen LogP contribution in [0.25, 0.3) is 0 Å². The van der Waals surface area contributed by atoms with Crippen LogP contribution in [0.5, 0.6) is 11.5 Å². The predicted octanol–water partition coefficient (Wildman–Crippen LogP) is 4.89. The van der Waals surface area contributed by atoms with Crippen LogP contribution in [0.3, 0.4) is 0 Å². The zero-order chi connectivity index (χ0) is 18.5. The molecule has 1 amide bonds. The van der Waals surface area contributed by atoms with Gasteiger partial charge in [-0.2, -0.15) is 0 Å². The SMILES string of the molecule is C[C@@H](C(=O)Nc1ccc(Oc2ccc(F)cc2)cn1)c1ccc(F)cc1. The van der Waals surface area contributed by atoms with E-state index in [2.05, 4.69) is 10.3 Å². The molecule has 4 nitrogen and oxygen atoms in total. The standard InChI is InChI=1S/C20H16F2N2O2/c1-13(14-2-4-15(21)5-3-14)20(25)24-19-11-10-18(12-23-19)26-17-8-6-16(22)7-9-17/h2-13H,1H3,(H,23,24,25)/t13-/m1/s1. The summed E-state index contributed by atoms with van der Waals surface area (Å²) in [6.45, 7) is 1.73. The fraction of sp³-hybridized carbons (Fsp3) is 0.100. The van der Waals surface area contributed by atoms with Crippen LogP contribution in [-0.2, 0) is 4.79 Å². The average molecular weight is 354 g/mol. The molecule has 3 aromatic rings. The Bertz CT molecular complexity index is 879. The van der Waals surface area contributed by atoms with Gasteiger partial charge < -0.3 is 10.1 Å². The molecular formula is C20H16F2N2O2. The summed E-state index contributed by atoms with van der Waals surface area (Å²) in [6.07, 6.45) is 1.46. The Balaban J connectivity index is 1.62. The lowest BCUT2D eigenvalue weighted by atomic mass is 10.0. The minimum atomic E-state index is -0.451. The number of aromatic nitrogens is 1. The molecule has 26 heavy (non-hydrogen) atoms. The van der Waals surface area contributed by atoms with E-state index in [4.69, 9.17) is 4.74 Å². The van der Waals surface area contributed by atoms with Crippen molar-refractivity contribution < 1.29 is 18.3 Å². The number of carbonyl (C=O) groups excluding carboxylic acids is 1. The third-order valence-corrected chi connectivity index (χ3v) is 3.80. The number of anilines is 1. The molecule has 0 spiro atoms. The molecule has 1 N–H and O–H groups in total. The van der Waals surface area contributed by atoms with Crippen LogP contribution >= 0.6 is 0 Å².